The molecule has 2 rings (SSSR count). The van der Waals surface area contributed by atoms with Crippen molar-refractivity contribution in [2.24, 2.45) is 0 Å². The number of carbonyl (C=O) groups excluding carboxylic acids is 2. The number of ether oxygens (including phenoxy) is 1. The highest BCUT2D eigenvalue weighted by molar-refractivity contribution is 6.35. The summed E-state index contributed by atoms with van der Waals surface area (Å²) in [4.78, 5) is 24.2. The highest BCUT2D eigenvalue weighted by Gasteiger charge is 2.17. The van der Waals surface area contributed by atoms with Crippen LogP contribution in [-0.4, -0.2) is 31.0 Å². The summed E-state index contributed by atoms with van der Waals surface area (Å²) in [5, 5.41) is 6.66. The highest BCUT2D eigenvalue weighted by Crippen LogP contribution is 2.27. The summed E-state index contributed by atoms with van der Waals surface area (Å²) in [6.45, 7) is 2.38. The summed E-state index contributed by atoms with van der Waals surface area (Å²) in [5.74, 6) is -0.156. The summed E-state index contributed by atoms with van der Waals surface area (Å²) < 4.78 is 5.54. The van der Waals surface area contributed by atoms with Gasteiger partial charge in [-0.05, 0) is 43.7 Å². The topological polar surface area (TPSA) is 67.4 Å². The van der Waals surface area contributed by atoms with Gasteiger partial charge in [-0.1, -0.05) is 46.9 Å². The minimum atomic E-state index is -0.694. The van der Waals surface area contributed by atoms with Gasteiger partial charge in [0.15, 0.2) is 0 Å². The van der Waals surface area contributed by atoms with E-state index in [0.717, 1.165) is 0 Å². The Balaban J connectivity index is 1.70. The first-order chi connectivity index (χ1) is 12.9. The third kappa shape index (κ3) is 6.61. The van der Waals surface area contributed by atoms with E-state index in [1.807, 2.05) is 0 Å². The van der Waals surface area contributed by atoms with Crippen LogP contribution in [0.3, 0.4) is 0 Å². The van der Waals surface area contributed by atoms with Crippen LogP contribution in [0.5, 0.6) is 5.75 Å². The van der Waals surface area contributed by atoms with E-state index in [9.17, 15) is 9.59 Å². The van der Waals surface area contributed by atoms with Gasteiger partial charge in [0.25, 0.3) is 5.91 Å². The number of amides is 2. The van der Waals surface area contributed by atoms with Crippen molar-refractivity contribution in [3.63, 3.8) is 0 Å². The van der Waals surface area contributed by atoms with Gasteiger partial charge >= 0.3 is 0 Å². The third-order valence-electron chi connectivity index (χ3n) is 3.63. The second kappa shape index (κ2) is 10.4. The SMILES string of the molecule is CC(NC(=O)c1ccccc1Cl)C(=O)NCCCOc1ccc(Cl)cc1Cl. The Kier molecular flexibility index (Phi) is 8.23. The molecule has 2 amide bonds. The number of hydrogen-bond acceptors (Lipinski definition) is 3. The van der Waals surface area contributed by atoms with Crippen molar-refractivity contribution < 1.29 is 14.3 Å². The van der Waals surface area contributed by atoms with Crippen molar-refractivity contribution in [3.05, 3.63) is 63.1 Å². The van der Waals surface area contributed by atoms with Crippen LogP contribution in [-0.2, 0) is 4.79 Å². The molecule has 0 heterocycles. The van der Waals surface area contributed by atoms with Crippen molar-refractivity contribution in [2.45, 2.75) is 19.4 Å². The maximum atomic E-state index is 12.2. The molecule has 0 fully saturated rings. The number of hydrogen-bond donors (Lipinski definition) is 2. The van der Waals surface area contributed by atoms with E-state index in [4.69, 9.17) is 39.5 Å². The molecule has 8 heteroatoms. The predicted molar refractivity (Wildman–Crippen MR) is 108 cm³/mol. The molecular formula is C19H19Cl3N2O3. The van der Waals surface area contributed by atoms with E-state index in [0.29, 0.717) is 46.0 Å². The fourth-order valence-electron chi connectivity index (χ4n) is 2.20. The van der Waals surface area contributed by atoms with Crippen molar-refractivity contribution in [1.29, 1.82) is 0 Å². The van der Waals surface area contributed by atoms with Gasteiger partial charge in [-0.15, -0.1) is 0 Å². The van der Waals surface area contributed by atoms with Crippen LogP contribution in [0.1, 0.15) is 23.7 Å². The van der Waals surface area contributed by atoms with Crippen LogP contribution in [0.2, 0.25) is 15.1 Å². The Morgan fingerprint density at radius 2 is 1.81 bits per heavy atom. The Labute approximate surface area is 172 Å². The average molecular weight is 430 g/mol. The van der Waals surface area contributed by atoms with Gasteiger partial charge in [0.1, 0.15) is 11.8 Å². The standard InChI is InChI=1S/C19H19Cl3N2O3/c1-12(24-19(26)14-5-2-3-6-15(14)21)18(25)23-9-4-10-27-17-8-7-13(20)11-16(17)22/h2-3,5-8,11-12H,4,9-10H2,1H3,(H,23,25)(H,24,26). The predicted octanol–water partition coefficient (Wildman–Crippen LogP) is 4.35. The molecule has 0 bridgehead atoms. The van der Waals surface area contributed by atoms with Crippen LogP contribution < -0.4 is 15.4 Å². The summed E-state index contributed by atoms with van der Waals surface area (Å²) in [6.07, 6.45) is 0.579. The van der Waals surface area contributed by atoms with E-state index >= 15 is 0 Å². The quantitative estimate of drug-likeness (QED) is 0.613. The zero-order chi connectivity index (χ0) is 19.8. The van der Waals surface area contributed by atoms with Crippen molar-refractivity contribution in [1.82, 2.24) is 10.6 Å². The van der Waals surface area contributed by atoms with E-state index in [1.54, 1.807) is 49.4 Å². The van der Waals surface area contributed by atoms with Crippen LogP contribution in [0.25, 0.3) is 0 Å². The Hall–Kier alpha value is -1.95. The van der Waals surface area contributed by atoms with Crippen molar-refractivity contribution >= 4 is 46.6 Å². The Morgan fingerprint density at radius 1 is 1.07 bits per heavy atom. The van der Waals surface area contributed by atoms with E-state index in [-0.39, 0.29) is 5.91 Å². The molecule has 0 radical (unpaired) electrons. The lowest BCUT2D eigenvalue weighted by Crippen LogP contribution is -2.45. The fraction of sp³-hybridized carbons (Fsp3) is 0.263. The first-order valence-corrected chi connectivity index (χ1v) is 9.43. The molecule has 2 aromatic carbocycles. The van der Waals surface area contributed by atoms with Crippen LogP contribution in [0.15, 0.2) is 42.5 Å². The molecule has 0 saturated heterocycles. The van der Waals surface area contributed by atoms with Crippen LogP contribution in [0.4, 0.5) is 0 Å². The maximum absolute atomic E-state index is 12.2. The molecule has 5 nitrogen and oxygen atoms in total. The molecule has 0 aromatic heterocycles. The monoisotopic (exact) mass is 428 g/mol. The average Bonchev–Trinajstić information content (AvgIpc) is 2.63. The van der Waals surface area contributed by atoms with Gasteiger partial charge < -0.3 is 15.4 Å². The van der Waals surface area contributed by atoms with E-state index in [1.165, 1.54) is 0 Å². The first kappa shape index (κ1) is 21.4. The third-order valence-corrected chi connectivity index (χ3v) is 4.49. The maximum Gasteiger partial charge on any atom is 0.253 e. The minimum absolute atomic E-state index is 0.292. The molecule has 1 unspecified atom stereocenters. The highest BCUT2D eigenvalue weighted by atomic mass is 35.5. The number of halogens is 3. The van der Waals surface area contributed by atoms with Gasteiger partial charge in [0, 0.05) is 11.6 Å². The molecule has 0 aliphatic rings. The normalized spacial score (nSPS) is 11.6. The van der Waals surface area contributed by atoms with Gasteiger partial charge in [0.2, 0.25) is 5.91 Å². The lowest BCUT2D eigenvalue weighted by molar-refractivity contribution is -0.122. The number of nitrogens with one attached hydrogen (secondary N) is 2. The molecule has 144 valence electrons. The molecule has 0 aliphatic heterocycles. The van der Waals surface area contributed by atoms with E-state index < -0.39 is 11.9 Å². The smallest absolute Gasteiger partial charge is 0.253 e. The van der Waals surface area contributed by atoms with Gasteiger partial charge in [-0.25, -0.2) is 0 Å². The van der Waals surface area contributed by atoms with Gasteiger partial charge in [0.05, 0.1) is 22.2 Å². The number of benzene rings is 2. The fourth-order valence-corrected chi connectivity index (χ4v) is 2.88. The Bertz CT molecular complexity index is 815. The van der Waals surface area contributed by atoms with Gasteiger partial charge in [-0.3, -0.25) is 9.59 Å². The molecule has 2 N–H and O–H groups in total. The van der Waals surface area contributed by atoms with E-state index in [2.05, 4.69) is 10.6 Å². The van der Waals surface area contributed by atoms with Crippen LogP contribution >= 0.6 is 34.8 Å². The molecule has 0 saturated carbocycles. The van der Waals surface area contributed by atoms with Gasteiger partial charge in [-0.2, -0.15) is 0 Å². The van der Waals surface area contributed by atoms with Crippen molar-refractivity contribution in [3.8, 4) is 5.75 Å². The second-order valence-electron chi connectivity index (χ2n) is 5.74. The lowest BCUT2D eigenvalue weighted by Gasteiger charge is -2.15. The summed E-state index contributed by atoms with van der Waals surface area (Å²) in [5.41, 5.74) is 0.326. The summed E-state index contributed by atoms with van der Waals surface area (Å²) in [6, 6.07) is 10.9. The molecular weight excluding hydrogens is 411 g/mol. The first-order valence-electron chi connectivity index (χ1n) is 8.29. The largest absolute Gasteiger partial charge is 0.492 e. The number of carbonyl (C=O) groups is 2. The summed E-state index contributed by atoms with van der Waals surface area (Å²) >= 11 is 17.8. The molecule has 1 atom stereocenters. The zero-order valence-electron chi connectivity index (χ0n) is 14.6. The molecule has 0 spiro atoms. The second-order valence-corrected chi connectivity index (χ2v) is 6.99. The summed E-state index contributed by atoms with van der Waals surface area (Å²) in [7, 11) is 0. The minimum Gasteiger partial charge on any atom is -0.492 e. The molecule has 0 aliphatic carbocycles. The lowest BCUT2D eigenvalue weighted by atomic mass is 10.2. The zero-order valence-corrected chi connectivity index (χ0v) is 16.9. The van der Waals surface area contributed by atoms with Crippen molar-refractivity contribution in [2.75, 3.05) is 13.2 Å². The number of rotatable bonds is 8. The molecule has 2 aromatic rings. The van der Waals surface area contributed by atoms with Crippen LogP contribution in [0, 0.1) is 0 Å². The Morgan fingerprint density at radius 3 is 2.52 bits per heavy atom. The molecule has 27 heavy (non-hydrogen) atoms.